The normalized spacial score (nSPS) is 26.6. The molecule has 1 fully saturated rings. The van der Waals surface area contributed by atoms with Crippen LogP contribution in [0.5, 0.6) is 5.75 Å². The number of ether oxygens (including phenoxy) is 1. The molecule has 0 spiro atoms. The fraction of sp³-hybridized carbons (Fsp3) is 0.636. The van der Waals surface area contributed by atoms with E-state index in [4.69, 9.17) is 16.3 Å². The minimum Gasteiger partial charge on any atom is -0.493 e. The van der Waals surface area contributed by atoms with E-state index < -0.39 is 0 Å². The summed E-state index contributed by atoms with van der Waals surface area (Å²) in [4.78, 5) is 0. The lowest BCUT2D eigenvalue weighted by molar-refractivity contribution is 0.0807. The molecule has 1 aliphatic rings. The number of aliphatic hydroxyl groups is 1. The van der Waals surface area contributed by atoms with Crippen molar-refractivity contribution in [1.82, 2.24) is 0 Å². The SMILES string of the molecule is CCCC/C=C\C[C@H]1C(Cl)C[C@@H](O)C1COc1cccc(C(C)C)c1. The van der Waals surface area contributed by atoms with E-state index in [-0.39, 0.29) is 23.3 Å². The fourth-order valence-electron chi connectivity index (χ4n) is 3.54. The molecule has 4 atom stereocenters. The van der Waals surface area contributed by atoms with Crippen molar-refractivity contribution in [3.63, 3.8) is 0 Å². The number of rotatable bonds is 9. The second-order valence-electron chi connectivity index (χ2n) is 7.53. The molecule has 2 rings (SSSR count). The highest BCUT2D eigenvalue weighted by Gasteiger charge is 2.41. The highest BCUT2D eigenvalue weighted by atomic mass is 35.5. The molecule has 2 unspecified atom stereocenters. The molecule has 1 aromatic carbocycles. The van der Waals surface area contributed by atoms with Gasteiger partial charge in [0.05, 0.1) is 12.7 Å². The highest BCUT2D eigenvalue weighted by molar-refractivity contribution is 6.21. The average Bonchev–Trinajstić information content (AvgIpc) is 2.86. The summed E-state index contributed by atoms with van der Waals surface area (Å²) in [6, 6.07) is 8.25. The van der Waals surface area contributed by atoms with Crippen LogP contribution in [0.2, 0.25) is 0 Å². The van der Waals surface area contributed by atoms with Gasteiger partial charge >= 0.3 is 0 Å². The van der Waals surface area contributed by atoms with Gasteiger partial charge < -0.3 is 9.84 Å². The third-order valence-electron chi connectivity index (χ3n) is 5.24. The lowest BCUT2D eigenvalue weighted by Crippen LogP contribution is -2.27. The van der Waals surface area contributed by atoms with Crippen LogP contribution in [0.4, 0.5) is 0 Å². The van der Waals surface area contributed by atoms with Crippen LogP contribution in [0.15, 0.2) is 36.4 Å². The Kier molecular flexibility index (Phi) is 8.32. The third kappa shape index (κ3) is 6.04. The summed E-state index contributed by atoms with van der Waals surface area (Å²) in [7, 11) is 0. The first-order valence-electron chi connectivity index (χ1n) is 9.72. The zero-order valence-corrected chi connectivity index (χ0v) is 16.6. The smallest absolute Gasteiger partial charge is 0.119 e. The van der Waals surface area contributed by atoms with Crippen molar-refractivity contribution < 1.29 is 9.84 Å². The van der Waals surface area contributed by atoms with Gasteiger partial charge in [0.15, 0.2) is 0 Å². The summed E-state index contributed by atoms with van der Waals surface area (Å²) in [5.74, 6) is 1.74. The predicted molar refractivity (Wildman–Crippen MR) is 107 cm³/mol. The Hall–Kier alpha value is -0.990. The lowest BCUT2D eigenvalue weighted by Gasteiger charge is -2.23. The molecule has 1 saturated carbocycles. The van der Waals surface area contributed by atoms with Crippen molar-refractivity contribution >= 4 is 11.6 Å². The molecule has 3 heteroatoms. The van der Waals surface area contributed by atoms with Crippen LogP contribution >= 0.6 is 11.6 Å². The molecular formula is C22H33ClO2. The van der Waals surface area contributed by atoms with Gasteiger partial charge in [-0.15, -0.1) is 11.6 Å². The fourth-order valence-corrected chi connectivity index (χ4v) is 4.01. The van der Waals surface area contributed by atoms with Crippen LogP contribution < -0.4 is 4.74 Å². The minimum absolute atomic E-state index is 0.0291. The van der Waals surface area contributed by atoms with E-state index in [1.807, 2.05) is 12.1 Å². The van der Waals surface area contributed by atoms with E-state index >= 15 is 0 Å². The van der Waals surface area contributed by atoms with Crippen molar-refractivity contribution in [2.75, 3.05) is 6.61 Å². The Labute approximate surface area is 158 Å². The van der Waals surface area contributed by atoms with Crippen molar-refractivity contribution in [1.29, 1.82) is 0 Å². The Morgan fingerprint density at radius 1 is 1.28 bits per heavy atom. The molecule has 0 heterocycles. The predicted octanol–water partition coefficient (Wildman–Crippen LogP) is 5.93. The van der Waals surface area contributed by atoms with Crippen LogP contribution in [-0.2, 0) is 0 Å². The molecule has 0 amide bonds. The molecule has 1 N–H and O–H groups in total. The van der Waals surface area contributed by atoms with Gasteiger partial charge in [-0.1, -0.05) is 57.9 Å². The summed E-state index contributed by atoms with van der Waals surface area (Å²) < 4.78 is 6.03. The minimum atomic E-state index is -0.371. The summed E-state index contributed by atoms with van der Waals surface area (Å²) in [5, 5.41) is 10.4. The van der Waals surface area contributed by atoms with Crippen LogP contribution in [0.3, 0.4) is 0 Å². The quantitative estimate of drug-likeness (QED) is 0.334. The topological polar surface area (TPSA) is 29.5 Å². The standard InChI is InChI=1S/C22H33ClO2/c1-4-5-6-7-8-12-19-20(22(24)14-21(19)23)15-25-18-11-9-10-17(13-18)16(2)3/h7-11,13,16,19-22,24H,4-6,12,14-15H2,1-3H3/b8-7-/t19-,20?,21?,22-/m1/s1. The van der Waals surface area contributed by atoms with Crippen molar-refractivity contribution in [2.24, 2.45) is 11.8 Å². The number of allylic oxidation sites excluding steroid dienone is 2. The summed E-state index contributed by atoms with van der Waals surface area (Å²) in [5.41, 5.74) is 1.27. The summed E-state index contributed by atoms with van der Waals surface area (Å²) in [6.07, 6.45) is 9.28. The Morgan fingerprint density at radius 3 is 2.80 bits per heavy atom. The number of halogens is 1. The molecule has 25 heavy (non-hydrogen) atoms. The third-order valence-corrected chi connectivity index (χ3v) is 5.74. The van der Waals surface area contributed by atoms with E-state index in [0.29, 0.717) is 18.9 Å². The van der Waals surface area contributed by atoms with Crippen LogP contribution in [0.25, 0.3) is 0 Å². The van der Waals surface area contributed by atoms with Gasteiger partial charge in [-0.3, -0.25) is 0 Å². The van der Waals surface area contributed by atoms with Crippen LogP contribution in [0.1, 0.15) is 64.4 Å². The van der Waals surface area contributed by atoms with Crippen LogP contribution in [-0.4, -0.2) is 23.2 Å². The Bertz CT molecular complexity index is 541. The van der Waals surface area contributed by atoms with E-state index in [1.165, 1.54) is 18.4 Å². The van der Waals surface area contributed by atoms with E-state index in [2.05, 4.69) is 45.1 Å². The number of aliphatic hydroxyl groups excluding tert-OH is 1. The molecule has 0 bridgehead atoms. The first-order valence-corrected chi connectivity index (χ1v) is 10.2. The maximum Gasteiger partial charge on any atom is 0.119 e. The molecule has 2 nitrogen and oxygen atoms in total. The maximum atomic E-state index is 10.4. The number of unbranched alkanes of at least 4 members (excludes halogenated alkanes) is 2. The zero-order chi connectivity index (χ0) is 18.2. The lowest BCUT2D eigenvalue weighted by atomic mass is 9.92. The molecule has 1 aromatic rings. The largest absolute Gasteiger partial charge is 0.493 e. The molecule has 0 radical (unpaired) electrons. The molecule has 0 aromatic heterocycles. The number of hydrogen-bond donors (Lipinski definition) is 1. The van der Waals surface area contributed by atoms with Gasteiger partial charge in [-0.05, 0) is 48.8 Å². The first-order chi connectivity index (χ1) is 12.0. The van der Waals surface area contributed by atoms with Crippen molar-refractivity contribution in [3.05, 3.63) is 42.0 Å². The Balaban J connectivity index is 1.93. The Morgan fingerprint density at radius 2 is 2.08 bits per heavy atom. The molecule has 0 saturated heterocycles. The number of hydrogen-bond acceptors (Lipinski definition) is 2. The van der Waals surface area contributed by atoms with Gasteiger partial charge in [0.1, 0.15) is 5.75 Å². The summed E-state index contributed by atoms with van der Waals surface area (Å²) >= 11 is 6.51. The number of alkyl halides is 1. The first kappa shape index (κ1) is 20.3. The molecule has 0 aliphatic heterocycles. The van der Waals surface area contributed by atoms with Crippen molar-refractivity contribution in [2.45, 2.75) is 70.3 Å². The van der Waals surface area contributed by atoms with Crippen molar-refractivity contribution in [3.8, 4) is 5.75 Å². The zero-order valence-electron chi connectivity index (χ0n) is 15.8. The monoisotopic (exact) mass is 364 g/mol. The van der Waals surface area contributed by atoms with E-state index in [9.17, 15) is 5.11 Å². The second-order valence-corrected chi connectivity index (χ2v) is 8.09. The highest BCUT2D eigenvalue weighted by Crippen LogP contribution is 2.39. The van der Waals surface area contributed by atoms with Gasteiger partial charge in [-0.2, -0.15) is 0 Å². The number of benzene rings is 1. The second kappa shape index (κ2) is 10.2. The van der Waals surface area contributed by atoms with E-state index in [1.54, 1.807) is 0 Å². The summed E-state index contributed by atoms with van der Waals surface area (Å²) in [6.45, 7) is 7.09. The van der Waals surface area contributed by atoms with E-state index in [0.717, 1.165) is 18.6 Å². The molecular weight excluding hydrogens is 332 g/mol. The molecule has 140 valence electrons. The van der Waals surface area contributed by atoms with Gasteiger partial charge in [0, 0.05) is 11.3 Å². The maximum absolute atomic E-state index is 10.4. The molecule has 1 aliphatic carbocycles. The van der Waals surface area contributed by atoms with Gasteiger partial charge in [0.2, 0.25) is 0 Å². The van der Waals surface area contributed by atoms with Gasteiger partial charge in [-0.25, -0.2) is 0 Å². The van der Waals surface area contributed by atoms with Crippen LogP contribution in [0, 0.1) is 11.8 Å². The van der Waals surface area contributed by atoms with Gasteiger partial charge in [0.25, 0.3) is 0 Å². The average molecular weight is 365 g/mol.